The minimum atomic E-state index is -0.270. The number of ether oxygens (including phenoxy) is 3. The van der Waals surface area contributed by atoms with Crippen LogP contribution < -0.4 is 9.47 Å². The first-order chi connectivity index (χ1) is 18.2. The normalized spacial score (nSPS) is 12.9. The summed E-state index contributed by atoms with van der Waals surface area (Å²) in [5, 5.41) is 0.216. The number of benzene rings is 2. The number of allylic oxidation sites excluding steroid dienone is 1. The fourth-order valence-corrected chi connectivity index (χ4v) is 3.32. The minimum absolute atomic E-state index is 0.216. The van der Waals surface area contributed by atoms with Gasteiger partial charge in [-0.2, -0.15) is 0 Å². The molecule has 38 heavy (non-hydrogen) atoms. The van der Waals surface area contributed by atoms with E-state index in [1.807, 2.05) is 53.0 Å². The van der Waals surface area contributed by atoms with Crippen LogP contribution in [-0.2, 0) is 9.53 Å². The molecule has 3 rings (SSSR count). The molecule has 5 nitrogen and oxygen atoms in total. The van der Waals surface area contributed by atoms with Gasteiger partial charge in [-0.25, -0.2) is 4.39 Å². The number of aliphatic imine (C=N–C) groups is 1. The van der Waals surface area contributed by atoms with E-state index < -0.39 is 0 Å². The maximum atomic E-state index is 13.3. The average molecular weight is 550 g/mol. The Hall–Kier alpha value is -2.86. The molecule has 2 aromatic rings. The summed E-state index contributed by atoms with van der Waals surface area (Å²) in [7, 11) is 0. The van der Waals surface area contributed by atoms with Gasteiger partial charge < -0.3 is 14.2 Å². The molecule has 0 aromatic heterocycles. The van der Waals surface area contributed by atoms with Gasteiger partial charge in [-0.15, -0.1) is 0 Å². The summed E-state index contributed by atoms with van der Waals surface area (Å²) in [6.07, 6.45) is 3.89. The van der Waals surface area contributed by atoms with Gasteiger partial charge >= 0.3 is 0 Å². The smallest absolute Gasteiger partial charge is 0.293 e. The summed E-state index contributed by atoms with van der Waals surface area (Å²) in [5.74, 6) is 1.62. The topological polar surface area (TPSA) is 57.1 Å². The lowest BCUT2D eigenvalue weighted by Gasteiger charge is -2.20. The maximum Gasteiger partial charge on any atom is 0.293 e. The van der Waals surface area contributed by atoms with Crippen molar-refractivity contribution >= 4 is 23.8 Å². The van der Waals surface area contributed by atoms with Crippen LogP contribution in [-0.4, -0.2) is 32.0 Å². The third-order valence-corrected chi connectivity index (χ3v) is 5.97. The Morgan fingerprint density at radius 2 is 1.74 bits per heavy atom. The molecule has 1 aliphatic heterocycles. The Morgan fingerprint density at radius 1 is 1.13 bits per heavy atom. The fraction of sp³-hybridized carbons (Fsp3) is 0.484. The van der Waals surface area contributed by atoms with E-state index in [9.17, 15) is 9.18 Å². The van der Waals surface area contributed by atoms with E-state index in [2.05, 4.69) is 30.5 Å². The molecule has 0 spiro atoms. The monoisotopic (exact) mass is 549 g/mol. The molecule has 0 aliphatic carbocycles. The lowest BCUT2D eigenvalue weighted by atomic mass is 9.98. The third kappa shape index (κ3) is 12.1. The molecule has 1 unspecified atom stereocenters. The second-order valence-corrected chi connectivity index (χ2v) is 8.77. The van der Waals surface area contributed by atoms with Crippen molar-refractivity contribution in [1.82, 2.24) is 0 Å². The fourth-order valence-electron chi connectivity index (χ4n) is 3.14. The zero-order valence-electron chi connectivity index (χ0n) is 24.5. The molecule has 7 heteroatoms. The van der Waals surface area contributed by atoms with Gasteiger partial charge in [0.05, 0.1) is 11.6 Å². The largest absolute Gasteiger partial charge is 0.486 e. The third-order valence-electron chi connectivity index (χ3n) is 5.67. The van der Waals surface area contributed by atoms with Gasteiger partial charge in [0.15, 0.2) is 11.5 Å². The van der Waals surface area contributed by atoms with Crippen molar-refractivity contribution in [3.8, 4) is 11.5 Å². The Labute approximate surface area is 234 Å². The highest BCUT2D eigenvalue weighted by Gasteiger charge is 2.15. The molecule has 0 radical (unpaired) electrons. The first-order valence-electron chi connectivity index (χ1n) is 13.3. The molecule has 0 fully saturated rings. The zero-order valence-corrected chi connectivity index (χ0v) is 25.2. The summed E-state index contributed by atoms with van der Waals surface area (Å²) < 4.78 is 28.7. The van der Waals surface area contributed by atoms with Crippen LogP contribution in [0.4, 0.5) is 4.39 Å². The lowest BCUT2D eigenvalue weighted by Crippen LogP contribution is -2.16. The van der Waals surface area contributed by atoms with Crippen LogP contribution in [0.2, 0.25) is 5.02 Å². The molecule has 1 aliphatic rings. The summed E-state index contributed by atoms with van der Waals surface area (Å²) in [6.45, 7) is 20.2. The van der Waals surface area contributed by atoms with Gasteiger partial charge in [-0.3, -0.25) is 9.79 Å². The zero-order chi connectivity index (χ0) is 29.1. The average Bonchev–Trinajstić information content (AvgIpc) is 2.94. The molecule has 0 amide bonds. The molecule has 1 heterocycles. The van der Waals surface area contributed by atoms with Crippen LogP contribution in [0.5, 0.6) is 11.5 Å². The van der Waals surface area contributed by atoms with Crippen LogP contribution in [0.3, 0.4) is 0 Å². The number of nitrogens with zero attached hydrogens (tertiary/aromatic N) is 1. The molecule has 212 valence electrons. The lowest BCUT2D eigenvalue weighted by molar-refractivity contribution is -0.128. The first-order valence-corrected chi connectivity index (χ1v) is 13.7. The van der Waals surface area contributed by atoms with Crippen molar-refractivity contribution < 1.29 is 23.4 Å². The summed E-state index contributed by atoms with van der Waals surface area (Å²) in [6, 6.07) is 9.20. The van der Waals surface area contributed by atoms with E-state index in [0.717, 1.165) is 41.2 Å². The van der Waals surface area contributed by atoms with E-state index in [4.69, 9.17) is 21.1 Å². The number of carbonyl (C=O) groups is 1. The standard InChI is InChI=1S/C16H21NO2.C10H12ClF.C3H6O2.C2H6/c1-5-11(2)10-17-13(4)14-9-16-15(8-12(14)3)18-6-7-19-16;1-3-7(2)8-5-4-6-9(11)10(8)12;1-2-5-3-4;1-2/h8-10H,5-7H2,1-4H3;4-7H,3H2,1-2H3;3H,2H2,1H3;1-2H3/b11-10+,17-13?;;;. The maximum absolute atomic E-state index is 13.3. The Kier molecular flexibility index (Phi) is 18.6. The van der Waals surface area contributed by atoms with Crippen molar-refractivity contribution in [2.24, 2.45) is 4.99 Å². The second kappa shape index (κ2) is 20.1. The summed E-state index contributed by atoms with van der Waals surface area (Å²) in [5.41, 5.74) is 5.26. The predicted molar refractivity (Wildman–Crippen MR) is 158 cm³/mol. The van der Waals surface area contributed by atoms with Gasteiger partial charge in [-0.05, 0) is 75.8 Å². The minimum Gasteiger partial charge on any atom is -0.486 e. The van der Waals surface area contributed by atoms with Crippen LogP contribution in [0, 0.1) is 12.7 Å². The van der Waals surface area contributed by atoms with Gasteiger partial charge in [0.1, 0.15) is 19.0 Å². The highest BCUT2D eigenvalue weighted by Crippen LogP contribution is 2.33. The van der Waals surface area contributed by atoms with Crippen LogP contribution >= 0.6 is 11.6 Å². The van der Waals surface area contributed by atoms with Crippen LogP contribution in [0.25, 0.3) is 0 Å². The number of carbonyl (C=O) groups excluding carboxylic acids is 1. The second-order valence-electron chi connectivity index (χ2n) is 8.36. The van der Waals surface area contributed by atoms with Crippen molar-refractivity contribution in [3.63, 3.8) is 0 Å². The van der Waals surface area contributed by atoms with Gasteiger partial charge in [0, 0.05) is 17.5 Å². The van der Waals surface area contributed by atoms with E-state index in [0.29, 0.717) is 31.9 Å². The van der Waals surface area contributed by atoms with Crippen LogP contribution in [0.15, 0.2) is 47.1 Å². The molecule has 0 N–H and O–H groups in total. The van der Waals surface area contributed by atoms with E-state index in [1.165, 1.54) is 5.57 Å². The molecule has 2 aromatic carbocycles. The van der Waals surface area contributed by atoms with E-state index in [-0.39, 0.29) is 16.8 Å². The number of fused-ring (bicyclic) bond motifs is 1. The molecule has 0 saturated carbocycles. The Balaban J connectivity index is 0.000000615. The summed E-state index contributed by atoms with van der Waals surface area (Å²) >= 11 is 5.64. The van der Waals surface area contributed by atoms with E-state index >= 15 is 0 Å². The van der Waals surface area contributed by atoms with E-state index in [1.54, 1.807) is 25.1 Å². The number of aryl methyl sites for hydroxylation is 1. The number of rotatable bonds is 7. The summed E-state index contributed by atoms with van der Waals surface area (Å²) in [4.78, 5) is 13.7. The molecule has 0 bridgehead atoms. The van der Waals surface area contributed by atoms with Crippen molar-refractivity contribution in [3.05, 3.63) is 69.6 Å². The molecule has 1 atom stereocenters. The highest BCUT2D eigenvalue weighted by molar-refractivity contribution is 6.30. The first kappa shape index (κ1) is 35.1. The quantitative estimate of drug-likeness (QED) is 0.255. The van der Waals surface area contributed by atoms with Crippen molar-refractivity contribution in [2.45, 2.75) is 81.1 Å². The molecular weight excluding hydrogens is 505 g/mol. The van der Waals surface area contributed by atoms with Crippen molar-refractivity contribution in [2.75, 3.05) is 19.8 Å². The SMILES string of the molecule is CC.CC/C(C)=C/N=C(C)c1cc2c(cc1C)OCCO2.CCC(C)c1cccc(Cl)c1F.CCOC=O. The Bertz CT molecular complexity index is 1040. The van der Waals surface area contributed by atoms with Gasteiger partial charge in [0.2, 0.25) is 0 Å². The van der Waals surface area contributed by atoms with Gasteiger partial charge in [-0.1, -0.05) is 63.9 Å². The Morgan fingerprint density at radius 3 is 2.24 bits per heavy atom. The highest BCUT2D eigenvalue weighted by atomic mass is 35.5. The molecule has 0 saturated heterocycles. The predicted octanol–water partition coefficient (Wildman–Crippen LogP) is 9.09. The number of hydrogen-bond donors (Lipinski definition) is 0. The van der Waals surface area contributed by atoms with Crippen molar-refractivity contribution in [1.29, 1.82) is 0 Å². The molecular formula is C31H45ClFNO4. The van der Waals surface area contributed by atoms with Crippen LogP contribution in [0.1, 0.15) is 90.8 Å². The number of hydrogen-bond acceptors (Lipinski definition) is 5. The number of halogens is 2. The van der Waals surface area contributed by atoms with Gasteiger partial charge in [0.25, 0.3) is 6.47 Å².